The molecule has 0 saturated carbocycles. The first-order chi connectivity index (χ1) is 14.7. The Morgan fingerprint density at radius 1 is 1.06 bits per heavy atom. The number of benzene rings is 2. The third-order valence-electron chi connectivity index (χ3n) is 5.82. The van der Waals surface area contributed by atoms with Gasteiger partial charge in [-0.2, -0.15) is 13.5 Å². The maximum absolute atomic E-state index is 13.0. The summed E-state index contributed by atoms with van der Waals surface area (Å²) in [6.07, 6.45) is 0.0315. The van der Waals surface area contributed by atoms with Crippen molar-refractivity contribution < 1.29 is 19.1 Å². The molecular weight excluding hydrogens is 424 g/mol. The minimum atomic E-state index is -1.09. The molecule has 2 amide bonds. The van der Waals surface area contributed by atoms with Crippen molar-refractivity contribution in [2.75, 3.05) is 6.61 Å². The number of hydrogen-bond acceptors (Lipinski definition) is 4. The van der Waals surface area contributed by atoms with Crippen LogP contribution in [0.15, 0.2) is 54.6 Å². The van der Waals surface area contributed by atoms with Crippen LogP contribution in [0.4, 0.5) is 0 Å². The summed E-state index contributed by atoms with van der Waals surface area (Å²) < 4.78 is 5.39. The second-order valence-electron chi connectivity index (χ2n) is 8.67. The molecule has 1 heterocycles. The summed E-state index contributed by atoms with van der Waals surface area (Å²) in [5.74, 6) is -0.694. The van der Waals surface area contributed by atoms with Gasteiger partial charge < -0.3 is 15.4 Å². The summed E-state index contributed by atoms with van der Waals surface area (Å²) in [6.45, 7) is 7.37. The van der Waals surface area contributed by atoms with E-state index in [1.807, 2.05) is 56.3 Å². The van der Waals surface area contributed by atoms with Gasteiger partial charge in [0.2, 0.25) is 5.91 Å². The average Bonchev–Trinajstić information content (AvgIpc) is 3.00. The zero-order chi connectivity index (χ0) is 22.6. The van der Waals surface area contributed by atoms with Crippen LogP contribution >= 0.6 is 13.5 Å². The van der Waals surface area contributed by atoms with Gasteiger partial charge in [-0.3, -0.25) is 14.4 Å². The molecule has 0 unspecified atom stereocenters. The molecule has 3 rings (SSSR count). The van der Waals surface area contributed by atoms with Gasteiger partial charge in [-0.1, -0.05) is 56.3 Å². The maximum atomic E-state index is 13.0. The fourth-order valence-corrected chi connectivity index (χ4v) is 3.65. The monoisotopic (exact) mass is 456 g/mol. The lowest BCUT2D eigenvalue weighted by Gasteiger charge is -2.30. The normalized spacial score (nSPS) is 21.0. The Balaban J connectivity index is 0.00000363. The minimum Gasteiger partial charge on any atom is -0.368 e. The van der Waals surface area contributed by atoms with Gasteiger partial charge in [0.05, 0.1) is 6.10 Å². The number of rotatable bonds is 7. The third kappa shape index (κ3) is 5.78. The quantitative estimate of drug-likeness (QED) is 0.668. The molecule has 7 heteroatoms. The smallest absolute Gasteiger partial charge is 0.251 e. The lowest BCUT2D eigenvalue weighted by molar-refractivity contribution is -0.130. The second kappa shape index (κ2) is 10.8. The summed E-state index contributed by atoms with van der Waals surface area (Å²) in [7, 11) is 0. The minimum absolute atomic E-state index is 0. The Hall–Kier alpha value is -2.64. The van der Waals surface area contributed by atoms with E-state index in [4.69, 9.17) is 4.74 Å². The van der Waals surface area contributed by atoms with Crippen molar-refractivity contribution in [3.05, 3.63) is 60.2 Å². The Morgan fingerprint density at radius 2 is 1.66 bits per heavy atom. The van der Waals surface area contributed by atoms with Crippen LogP contribution in [0.25, 0.3) is 11.1 Å². The van der Waals surface area contributed by atoms with Crippen LogP contribution in [-0.4, -0.2) is 41.9 Å². The molecule has 0 aromatic heterocycles. The lowest BCUT2D eigenvalue weighted by Crippen LogP contribution is -2.60. The van der Waals surface area contributed by atoms with Crippen LogP contribution in [0.5, 0.6) is 0 Å². The molecule has 1 aliphatic heterocycles. The molecular formula is C25H32N2O4S. The number of nitrogens with one attached hydrogen (secondary N) is 2. The molecule has 32 heavy (non-hydrogen) atoms. The molecule has 1 saturated heterocycles. The van der Waals surface area contributed by atoms with Crippen LogP contribution < -0.4 is 10.6 Å². The molecule has 3 atom stereocenters. The van der Waals surface area contributed by atoms with Gasteiger partial charge in [-0.15, -0.1) is 0 Å². The van der Waals surface area contributed by atoms with Crippen LogP contribution in [0.2, 0.25) is 0 Å². The maximum Gasteiger partial charge on any atom is 0.251 e. The van der Waals surface area contributed by atoms with E-state index in [9.17, 15) is 14.4 Å². The van der Waals surface area contributed by atoms with E-state index in [0.29, 0.717) is 12.0 Å². The molecule has 0 aliphatic carbocycles. The zero-order valence-electron chi connectivity index (χ0n) is 19.0. The molecule has 172 valence electrons. The average molecular weight is 457 g/mol. The Labute approximate surface area is 196 Å². The second-order valence-corrected chi connectivity index (χ2v) is 8.67. The number of carbonyl (C=O) groups excluding carboxylic acids is 3. The van der Waals surface area contributed by atoms with Crippen molar-refractivity contribution in [1.82, 2.24) is 10.6 Å². The zero-order valence-corrected chi connectivity index (χ0v) is 20.0. The first kappa shape index (κ1) is 25.6. The number of amides is 2. The first-order valence-corrected chi connectivity index (χ1v) is 10.6. The van der Waals surface area contributed by atoms with Crippen LogP contribution in [-0.2, 0) is 14.3 Å². The lowest BCUT2D eigenvalue weighted by atomic mass is 9.92. The van der Waals surface area contributed by atoms with E-state index in [-0.39, 0.29) is 43.6 Å². The summed E-state index contributed by atoms with van der Waals surface area (Å²) in [4.78, 5) is 38.1. The van der Waals surface area contributed by atoms with E-state index < -0.39 is 17.7 Å². The predicted octanol–water partition coefficient (Wildman–Crippen LogP) is 3.47. The molecule has 0 bridgehead atoms. The van der Waals surface area contributed by atoms with Gasteiger partial charge in [-0.05, 0) is 49.4 Å². The van der Waals surface area contributed by atoms with Gasteiger partial charge in [-0.25, -0.2) is 0 Å². The van der Waals surface area contributed by atoms with Crippen molar-refractivity contribution in [2.45, 2.75) is 51.8 Å². The van der Waals surface area contributed by atoms with E-state index in [2.05, 4.69) is 10.6 Å². The highest BCUT2D eigenvalue weighted by Crippen LogP contribution is 2.23. The van der Waals surface area contributed by atoms with Crippen LogP contribution in [0.1, 0.15) is 44.5 Å². The Kier molecular flexibility index (Phi) is 8.64. The summed E-state index contributed by atoms with van der Waals surface area (Å²) in [5, 5.41) is 5.66. The third-order valence-corrected chi connectivity index (χ3v) is 5.82. The van der Waals surface area contributed by atoms with Gasteiger partial charge in [0.15, 0.2) is 5.78 Å². The van der Waals surface area contributed by atoms with Crippen molar-refractivity contribution >= 4 is 31.1 Å². The molecule has 0 spiro atoms. The van der Waals surface area contributed by atoms with Crippen LogP contribution in [0, 0.1) is 5.92 Å². The van der Waals surface area contributed by atoms with Crippen molar-refractivity contribution in [2.24, 2.45) is 5.92 Å². The van der Waals surface area contributed by atoms with E-state index in [0.717, 1.165) is 11.1 Å². The Bertz CT molecular complexity index is 946. The van der Waals surface area contributed by atoms with Crippen molar-refractivity contribution in [1.29, 1.82) is 0 Å². The van der Waals surface area contributed by atoms with E-state index in [1.165, 1.54) is 0 Å². The Morgan fingerprint density at radius 3 is 2.19 bits per heavy atom. The van der Waals surface area contributed by atoms with Crippen molar-refractivity contribution in [3.8, 4) is 11.1 Å². The van der Waals surface area contributed by atoms with E-state index in [1.54, 1.807) is 26.0 Å². The van der Waals surface area contributed by atoms with Gasteiger partial charge >= 0.3 is 0 Å². The highest BCUT2D eigenvalue weighted by atomic mass is 32.1. The SMILES string of the molecule is CC(C)C[C@H](NC(=O)c1ccc(-c2ccccc2)cc1)C(=O)N[C@@]1(C)C(=O)CO[C@@H]1C.S. The predicted molar refractivity (Wildman–Crippen MR) is 130 cm³/mol. The van der Waals surface area contributed by atoms with Gasteiger partial charge in [0.25, 0.3) is 5.91 Å². The largest absolute Gasteiger partial charge is 0.368 e. The molecule has 1 aliphatic rings. The highest BCUT2D eigenvalue weighted by molar-refractivity contribution is 7.59. The number of ether oxygens (including phenoxy) is 1. The molecule has 2 N–H and O–H groups in total. The molecule has 0 radical (unpaired) electrons. The molecule has 1 fully saturated rings. The van der Waals surface area contributed by atoms with Crippen LogP contribution in [0.3, 0.4) is 0 Å². The fraction of sp³-hybridized carbons (Fsp3) is 0.400. The number of hydrogen-bond donors (Lipinski definition) is 2. The first-order valence-electron chi connectivity index (χ1n) is 10.6. The van der Waals surface area contributed by atoms with Gasteiger partial charge in [0.1, 0.15) is 18.2 Å². The number of Topliss-reactive ketones (excluding diaryl/α,β-unsaturated/α-hetero) is 1. The summed E-state index contributed by atoms with van der Waals surface area (Å²) in [5.41, 5.74) is 1.46. The summed E-state index contributed by atoms with van der Waals surface area (Å²) in [6, 6.07) is 16.4. The van der Waals surface area contributed by atoms with Gasteiger partial charge in [0, 0.05) is 5.56 Å². The number of carbonyl (C=O) groups is 3. The fourth-order valence-electron chi connectivity index (χ4n) is 3.65. The van der Waals surface area contributed by atoms with Crippen molar-refractivity contribution in [3.63, 3.8) is 0 Å². The topological polar surface area (TPSA) is 84.5 Å². The molecule has 2 aromatic carbocycles. The highest BCUT2D eigenvalue weighted by Gasteiger charge is 2.47. The summed E-state index contributed by atoms with van der Waals surface area (Å²) >= 11 is 0. The molecule has 6 nitrogen and oxygen atoms in total. The van der Waals surface area contributed by atoms with E-state index >= 15 is 0 Å². The number of ketones is 1. The standard InChI is InChI=1S/C25H30N2O4.H2S/c1-16(2)14-21(24(30)27-25(4)17(3)31-15-22(25)28)26-23(29)20-12-10-19(11-13-20)18-8-6-5-7-9-18;/h5-13,16-17,21H,14-15H2,1-4H3,(H,26,29)(H,27,30);1H2/t17-,21+,25-;/m1./s1. The molecule has 2 aromatic rings.